The molecule has 4 heteroatoms. The summed E-state index contributed by atoms with van der Waals surface area (Å²) in [6.45, 7) is 7.50. The third-order valence-electron chi connectivity index (χ3n) is 11.4. The van der Waals surface area contributed by atoms with Gasteiger partial charge in [-0.1, -0.05) is 82.5 Å². The summed E-state index contributed by atoms with van der Waals surface area (Å²) in [4.78, 5) is 12.5. The second-order valence-corrected chi connectivity index (χ2v) is 13.9. The Hall–Kier alpha value is -1.48. The molecule has 0 aliphatic heterocycles. The second-order valence-electron chi connectivity index (χ2n) is 13.4. The molecule has 0 bridgehead atoms. The zero-order chi connectivity index (χ0) is 26.8. The molecule has 0 N–H and O–H groups in total. The largest absolute Gasteiger partial charge is 0.514 e. The number of unbranched alkanes of at least 4 members (excludes halogenated alkanes) is 5. The Morgan fingerprint density at radius 2 is 1.71 bits per heavy atom. The summed E-state index contributed by atoms with van der Waals surface area (Å²) in [6, 6.07) is 6.83. The Morgan fingerprint density at radius 1 is 0.947 bits per heavy atom. The van der Waals surface area contributed by atoms with Crippen LogP contribution in [-0.2, 0) is 4.74 Å². The molecule has 38 heavy (non-hydrogen) atoms. The second kappa shape index (κ2) is 11.9. The highest BCUT2D eigenvalue weighted by Gasteiger charge is 2.58. The number of ether oxygens (including phenoxy) is 2. The van der Waals surface area contributed by atoms with Crippen molar-refractivity contribution in [2.45, 2.75) is 123 Å². The number of hydrogen-bond donors (Lipinski definition) is 0. The molecular weight excluding hydrogens is 492 g/mol. The monoisotopic (exact) mass is 540 g/mol. The van der Waals surface area contributed by atoms with Crippen molar-refractivity contribution in [2.75, 3.05) is 0 Å². The summed E-state index contributed by atoms with van der Waals surface area (Å²) in [5, 5.41) is 0.619. The number of carbonyl (C=O) groups is 1. The highest BCUT2D eigenvalue weighted by atomic mass is 35.5. The van der Waals surface area contributed by atoms with Crippen molar-refractivity contribution in [1.29, 1.82) is 0 Å². The van der Waals surface area contributed by atoms with E-state index in [0.717, 1.165) is 42.9 Å². The van der Waals surface area contributed by atoms with Gasteiger partial charge in [0.05, 0.1) is 0 Å². The van der Waals surface area contributed by atoms with Gasteiger partial charge in [-0.25, -0.2) is 4.79 Å². The van der Waals surface area contributed by atoms with Crippen LogP contribution in [0.4, 0.5) is 4.79 Å². The average molecular weight is 541 g/mol. The Kier molecular flexibility index (Phi) is 8.82. The van der Waals surface area contributed by atoms with Crippen LogP contribution in [0.3, 0.4) is 0 Å². The first-order valence-electron chi connectivity index (χ1n) is 15.7. The van der Waals surface area contributed by atoms with Crippen LogP contribution >= 0.6 is 11.6 Å². The van der Waals surface area contributed by atoms with E-state index in [4.69, 9.17) is 21.1 Å². The number of hydrogen-bond acceptors (Lipinski definition) is 3. The zero-order valence-electron chi connectivity index (χ0n) is 24.0. The quantitative estimate of drug-likeness (QED) is 0.135. The van der Waals surface area contributed by atoms with E-state index in [9.17, 15) is 4.79 Å². The Balaban J connectivity index is 1.17. The topological polar surface area (TPSA) is 35.5 Å². The average Bonchev–Trinajstić information content (AvgIpc) is 3.24. The van der Waals surface area contributed by atoms with Crippen LogP contribution in [0.2, 0.25) is 5.02 Å². The molecule has 4 aliphatic carbocycles. The maximum Gasteiger partial charge on any atom is 0.514 e. The van der Waals surface area contributed by atoms with Crippen LogP contribution in [-0.4, -0.2) is 12.3 Å². The van der Waals surface area contributed by atoms with Crippen LogP contribution in [0, 0.1) is 34.5 Å². The van der Waals surface area contributed by atoms with Crippen LogP contribution in [0.25, 0.3) is 0 Å². The SMILES string of the molecule is CCCCCCCC[C@H]1CC[C@H]2[C@@H]3CC=C4C[C@@H](OC(=O)Oc5ccc(Cl)cc5)CC[C@]4(C)[C@H]3CC[C@]12C. The van der Waals surface area contributed by atoms with E-state index in [0.29, 0.717) is 16.2 Å². The van der Waals surface area contributed by atoms with Gasteiger partial charge >= 0.3 is 6.16 Å². The summed E-state index contributed by atoms with van der Waals surface area (Å²) in [5.74, 6) is 3.93. The lowest BCUT2D eigenvalue weighted by Crippen LogP contribution is -2.50. The molecule has 0 heterocycles. The zero-order valence-corrected chi connectivity index (χ0v) is 24.7. The Morgan fingerprint density at radius 3 is 2.50 bits per heavy atom. The smallest absolute Gasteiger partial charge is 0.430 e. The van der Waals surface area contributed by atoms with Crippen LogP contribution in [0.15, 0.2) is 35.9 Å². The van der Waals surface area contributed by atoms with Crippen molar-refractivity contribution in [3.8, 4) is 5.75 Å². The van der Waals surface area contributed by atoms with Gasteiger partial charge in [-0.15, -0.1) is 0 Å². The molecule has 0 spiro atoms. The van der Waals surface area contributed by atoms with Crippen molar-refractivity contribution in [3.63, 3.8) is 0 Å². The normalized spacial score (nSPS) is 36.0. The van der Waals surface area contributed by atoms with Crippen LogP contribution in [0.5, 0.6) is 5.75 Å². The number of allylic oxidation sites excluding steroid dienone is 1. The molecule has 3 saturated carbocycles. The fraction of sp³-hybridized carbons (Fsp3) is 0.735. The highest BCUT2D eigenvalue weighted by molar-refractivity contribution is 6.30. The van der Waals surface area contributed by atoms with Crippen molar-refractivity contribution in [2.24, 2.45) is 34.5 Å². The van der Waals surface area contributed by atoms with Gasteiger partial charge in [-0.3, -0.25) is 0 Å². The maximum absolute atomic E-state index is 12.5. The number of carbonyl (C=O) groups excluding carboxylic acids is 1. The minimum atomic E-state index is -0.606. The van der Waals surface area contributed by atoms with Gasteiger partial charge in [0.15, 0.2) is 0 Å². The van der Waals surface area contributed by atoms with Gasteiger partial charge in [0.2, 0.25) is 0 Å². The van der Waals surface area contributed by atoms with Gasteiger partial charge in [0, 0.05) is 11.4 Å². The molecule has 1 aromatic rings. The van der Waals surface area contributed by atoms with Crippen molar-refractivity contribution in [3.05, 3.63) is 40.9 Å². The van der Waals surface area contributed by atoms with Gasteiger partial charge in [0.25, 0.3) is 0 Å². The van der Waals surface area contributed by atoms with Gasteiger partial charge < -0.3 is 9.47 Å². The van der Waals surface area contributed by atoms with E-state index in [-0.39, 0.29) is 11.5 Å². The molecule has 5 rings (SSSR count). The van der Waals surface area contributed by atoms with E-state index in [1.54, 1.807) is 29.8 Å². The van der Waals surface area contributed by atoms with Gasteiger partial charge in [-0.2, -0.15) is 0 Å². The van der Waals surface area contributed by atoms with E-state index in [1.165, 1.54) is 77.0 Å². The lowest BCUT2D eigenvalue weighted by molar-refractivity contribution is -0.0538. The molecule has 0 amide bonds. The van der Waals surface area contributed by atoms with Gasteiger partial charge in [-0.05, 0) is 110 Å². The molecule has 0 aromatic heterocycles. The van der Waals surface area contributed by atoms with Crippen molar-refractivity contribution in [1.82, 2.24) is 0 Å². The van der Waals surface area contributed by atoms with Crippen molar-refractivity contribution < 1.29 is 14.3 Å². The number of benzene rings is 1. The molecule has 7 atom stereocenters. The van der Waals surface area contributed by atoms with E-state index >= 15 is 0 Å². The molecule has 210 valence electrons. The Bertz CT molecular complexity index is 986. The number of fused-ring (bicyclic) bond motifs is 5. The molecular formula is C34H49ClO3. The van der Waals surface area contributed by atoms with E-state index < -0.39 is 6.16 Å². The summed E-state index contributed by atoms with van der Waals surface area (Å²) in [7, 11) is 0. The minimum absolute atomic E-state index is 0.0901. The first kappa shape index (κ1) is 28.1. The van der Waals surface area contributed by atoms with Gasteiger partial charge in [0.1, 0.15) is 11.9 Å². The fourth-order valence-corrected chi connectivity index (χ4v) is 9.37. The predicted molar refractivity (Wildman–Crippen MR) is 156 cm³/mol. The number of rotatable bonds is 9. The van der Waals surface area contributed by atoms with Crippen LogP contribution < -0.4 is 4.74 Å². The Labute approximate surface area is 236 Å². The van der Waals surface area contributed by atoms with E-state index in [2.05, 4.69) is 26.8 Å². The first-order valence-corrected chi connectivity index (χ1v) is 16.0. The summed E-state index contributed by atoms with van der Waals surface area (Å²) >= 11 is 5.94. The summed E-state index contributed by atoms with van der Waals surface area (Å²) in [6.07, 6.45) is 21.6. The van der Waals surface area contributed by atoms with Crippen molar-refractivity contribution >= 4 is 17.8 Å². The minimum Gasteiger partial charge on any atom is -0.430 e. The molecule has 0 unspecified atom stereocenters. The lowest BCUT2D eigenvalue weighted by atomic mass is 9.47. The first-order chi connectivity index (χ1) is 18.3. The molecule has 3 fully saturated rings. The highest BCUT2D eigenvalue weighted by Crippen LogP contribution is 2.66. The predicted octanol–water partition coefficient (Wildman–Crippen LogP) is 10.6. The lowest BCUT2D eigenvalue weighted by Gasteiger charge is -2.58. The maximum atomic E-state index is 12.5. The third-order valence-corrected chi connectivity index (χ3v) is 11.7. The fourth-order valence-electron chi connectivity index (χ4n) is 9.24. The molecule has 0 saturated heterocycles. The summed E-state index contributed by atoms with van der Waals surface area (Å²) in [5.41, 5.74) is 2.36. The molecule has 3 nitrogen and oxygen atoms in total. The molecule has 4 aliphatic rings. The third kappa shape index (κ3) is 5.70. The standard InChI is InChI=1S/C34H49ClO3/c1-4-5-6-7-8-9-10-24-12-18-30-29-17-11-25-23-28(38-32(36)37-27-15-13-26(35)14-16-27)19-21-34(25,3)31(29)20-22-33(24,30)2/h11,13-16,24,28-31H,4-10,12,17-23H2,1-3H3/t24-,28-,29-,30-,31-,33+,34-/m0/s1. The molecule has 1 aromatic carbocycles. The summed E-state index contributed by atoms with van der Waals surface area (Å²) < 4.78 is 11.2. The van der Waals surface area contributed by atoms with Crippen LogP contribution in [0.1, 0.15) is 117 Å². The molecule has 0 radical (unpaired) electrons. The number of halogens is 1. The van der Waals surface area contributed by atoms with E-state index in [1.807, 2.05) is 0 Å².